The van der Waals surface area contributed by atoms with Gasteiger partial charge < -0.3 is 10.6 Å². The molecular formula is C16H28N4. The Morgan fingerprint density at radius 2 is 1.90 bits per heavy atom. The molecule has 2 rings (SSSR count). The third kappa shape index (κ3) is 3.11. The van der Waals surface area contributed by atoms with Crippen molar-refractivity contribution in [1.29, 1.82) is 0 Å². The van der Waals surface area contributed by atoms with Gasteiger partial charge >= 0.3 is 0 Å². The minimum Gasteiger partial charge on any atom is -0.355 e. The Morgan fingerprint density at radius 3 is 2.55 bits per heavy atom. The largest absolute Gasteiger partial charge is 0.355 e. The maximum absolute atomic E-state index is 6.03. The van der Waals surface area contributed by atoms with Crippen molar-refractivity contribution in [1.82, 2.24) is 10.2 Å². The molecule has 20 heavy (non-hydrogen) atoms. The van der Waals surface area contributed by atoms with Crippen molar-refractivity contribution >= 4 is 5.82 Å². The van der Waals surface area contributed by atoms with Crippen LogP contribution >= 0.6 is 0 Å². The van der Waals surface area contributed by atoms with E-state index in [0.29, 0.717) is 6.54 Å². The van der Waals surface area contributed by atoms with Crippen LogP contribution in [0, 0.1) is 5.92 Å². The summed E-state index contributed by atoms with van der Waals surface area (Å²) in [6.45, 7) is 9.39. The number of nitrogens with two attached hydrogens (primary N) is 1. The SMILES string of the molecule is CCc1nnc(N2CCCC(C)CC2)c(CN)c1CC. The van der Waals surface area contributed by atoms with E-state index in [9.17, 15) is 0 Å². The first-order valence-electron chi connectivity index (χ1n) is 8.03. The lowest BCUT2D eigenvalue weighted by Gasteiger charge is -2.25. The van der Waals surface area contributed by atoms with Crippen LogP contribution in [0.3, 0.4) is 0 Å². The van der Waals surface area contributed by atoms with Gasteiger partial charge in [-0.05, 0) is 43.6 Å². The smallest absolute Gasteiger partial charge is 0.156 e. The number of hydrogen-bond donors (Lipinski definition) is 1. The summed E-state index contributed by atoms with van der Waals surface area (Å²) >= 11 is 0. The molecule has 0 aromatic carbocycles. The first-order valence-corrected chi connectivity index (χ1v) is 8.03. The van der Waals surface area contributed by atoms with E-state index in [-0.39, 0.29) is 0 Å². The zero-order valence-electron chi connectivity index (χ0n) is 13.2. The lowest BCUT2D eigenvalue weighted by molar-refractivity contribution is 0.521. The summed E-state index contributed by atoms with van der Waals surface area (Å²) in [5.74, 6) is 1.85. The monoisotopic (exact) mass is 276 g/mol. The number of aromatic nitrogens is 2. The molecule has 1 saturated heterocycles. The predicted octanol–water partition coefficient (Wildman–Crippen LogP) is 2.69. The second-order valence-electron chi connectivity index (χ2n) is 5.86. The Balaban J connectivity index is 2.35. The first-order chi connectivity index (χ1) is 9.71. The average molecular weight is 276 g/mol. The Hall–Kier alpha value is -1.16. The van der Waals surface area contributed by atoms with Crippen LogP contribution in [0.1, 0.15) is 56.9 Å². The van der Waals surface area contributed by atoms with Gasteiger partial charge in [-0.2, -0.15) is 5.10 Å². The fourth-order valence-corrected chi connectivity index (χ4v) is 3.18. The van der Waals surface area contributed by atoms with Crippen LogP contribution in [0.4, 0.5) is 5.82 Å². The van der Waals surface area contributed by atoms with Crippen molar-refractivity contribution in [3.8, 4) is 0 Å². The van der Waals surface area contributed by atoms with E-state index < -0.39 is 0 Å². The molecule has 112 valence electrons. The van der Waals surface area contributed by atoms with Crippen LogP contribution in [0.15, 0.2) is 0 Å². The van der Waals surface area contributed by atoms with Crippen LogP contribution in [0.5, 0.6) is 0 Å². The van der Waals surface area contributed by atoms with E-state index in [2.05, 4.69) is 35.9 Å². The molecule has 1 fully saturated rings. The molecule has 1 aromatic rings. The molecular weight excluding hydrogens is 248 g/mol. The molecule has 0 bridgehead atoms. The molecule has 1 aromatic heterocycles. The molecule has 0 saturated carbocycles. The summed E-state index contributed by atoms with van der Waals surface area (Å²) in [5, 5.41) is 8.97. The highest BCUT2D eigenvalue weighted by atomic mass is 15.3. The van der Waals surface area contributed by atoms with Gasteiger partial charge in [0.05, 0.1) is 5.69 Å². The molecule has 0 amide bonds. The van der Waals surface area contributed by atoms with Gasteiger partial charge in [0.1, 0.15) is 0 Å². The van der Waals surface area contributed by atoms with Crippen molar-refractivity contribution in [2.75, 3.05) is 18.0 Å². The molecule has 4 heteroatoms. The third-order valence-corrected chi connectivity index (χ3v) is 4.46. The molecule has 0 aliphatic carbocycles. The van der Waals surface area contributed by atoms with Crippen LogP contribution in [0.2, 0.25) is 0 Å². The number of hydrogen-bond acceptors (Lipinski definition) is 4. The standard InChI is InChI=1S/C16H28N4/c1-4-13-14(11-17)16(19-18-15(13)5-2)20-9-6-7-12(3)8-10-20/h12H,4-11,17H2,1-3H3. The first kappa shape index (κ1) is 15.2. The summed E-state index contributed by atoms with van der Waals surface area (Å²) < 4.78 is 0. The van der Waals surface area contributed by atoms with Crippen LogP contribution in [0.25, 0.3) is 0 Å². The quantitative estimate of drug-likeness (QED) is 0.918. The molecule has 1 atom stereocenters. The predicted molar refractivity (Wildman–Crippen MR) is 83.9 cm³/mol. The van der Waals surface area contributed by atoms with E-state index in [0.717, 1.165) is 43.4 Å². The third-order valence-electron chi connectivity index (χ3n) is 4.46. The summed E-state index contributed by atoms with van der Waals surface area (Å²) in [7, 11) is 0. The van der Waals surface area contributed by atoms with Gasteiger partial charge in [0.25, 0.3) is 0 Å². The molecule has 0 spiro atoms. The number of rotatable bonds is 4. The van der Waals surface area contributed by atoms with Gasteiger partial charge in [-0.3, -0.25) is 0 Å². The summed E-state index contributed by atoms with van der Waals surface area (Å²) in [5.41, 5.74) is 9.67. The zero-order valence-corrected chi connectivity index (χ0v) is 13.2. The minimum absolute atomic E-state index is 0.563. The summed E-state index contributed by atoms with van der Waals surface area (Å²) in [6.07, 6.45) is 5.71. The molecule has 1 aliphatic heterocycles. The average Bonchev–Trinajstić information content (AvgIpc) is 2.70. The van der Waals surface area contributed by atoms with Crippen molar-refractivity contribution in [2.24, 2.45) is 11.7 Å². The number of aryl methyl sites for hydroxylation is 1. The van der Waals surface area contributed by atoms with Gasteiger partial charge in [0.15, 0.2) is 5.82 Å². The number of nitrogens with zero attached hydrogens (tertiary/aromatic N) is 3. The molecule has 4 nitrogen and oxygen atoms in total. The highest BCUT2D eigenvalue weighted by Gasteiger charge is 2.20. The molecule has 1 unspecified atom stereocenters. The Labute approximate surface area is 122 Å². The summed E-state index contributed by atoms with van der Waals surface area (Å²) in [6, 6.07) is 0. The maximum atomic E-state index is 6.03. The zero-order chi connectivity index (χ0) is 14.5. The minimum atomic E-state index is 0.563. The molecule has 2 heterocycles. The van der Waals surface area contributed by atoms with Gasteiger partial charge in [-0.15, -0.1) is 5.10 Å². The molecule has 1 aliphatic rings. The highest BCUT2D eigenvalue weighted by molar-refractivity contribution is 5.51. The van der Waals surface area contributed by atoms with Gasteiger partial charge in [0, 0.05) is 25.2 Å². The topological polar surface area (TPSA) is 55.0 Å². The lowest BCUT2D eigenvalue weighted by Crippen LogP contribution is -2.28. The Kier molecular flexibility index (Phi) is 5.35. The molecule has 0 radical (unpaired) electrons. The van der Waals surface area contributed by atoms with Gasteiger partial charge in [-0.25, -0.2) is 0 Å². The fraction of sp³-hybridized carbons (Fsp3) is 0.750. The van der Waals surface area contributed by atoms with E-state index >= 15 is 0 Å². The fourth-order valence-electron chi connectivity index (χ4n) is 3.18. The normalized spacial score (nSPS) is 20.0. The second kappa shape index (κ2) is 7.02. The lowest BCUT2D eigenvalue weighted by atomic mass is 10.0. The van der Waals surface area contributed by atoms with E-state index in [1.54, 1.807) is 0 Å². The van der Waals surface area contributed by atoms with Crippen LogP contribution < -0.4 is 10.6 Å². The van der Waals surface area contributed by atoms with Crippen molar-refractivity contribution in [3.63, 3.8) is 0 Å². The molecule has 2 N–H and O–H groups in total. The summed E-state index contributed by atoms with van der Waals surface area (Å²) in [4.78, 5) is 2.40. The van der Waals surface area contributed by atoms with Crippen molar-refractivity contribution in [2.45, 2.75) is 59.4 Å². The Morgan fingerprint density at radius 1 is 1.10 bits per heavy atom. The van der Waals surface area contributed by atoms with E-state index in [4.69, 9.17) is 5.73 Å². The van der Waals surface area contributed by atoms with Crippen LogP contribution in [-0.4, -0.2) is 23.3 Å². The highest BCUT2D eigenvalue weighted by Crippen LogP contribution is 2.27. The van der Waals surface area contributed by atoms with Crippen LogP contribution in [-0.2, 0) is 19.4 Å². The van der Waals surface area contributed by atoms with Crippen molar-refractivity contribution < 1.29 is 0 Å². The van der Waals surface area contributed by atoms with Gasteiger partial charge in [0.2, 0.25) is 0 Å². The Bertz CT molecular complexity index is 444. The second-order valence-corrected chi connectivity index (χ2v) is 5.86. The number of anilines is 1. The van der Waals surface area contributed by atoms with E-state index in [1.807, 2.05) is 0 Å². The van der Waals surface area contributed by atoms with E-state index in [1.165, 1.54) is 30.4 Å². The maximum Gasteiger partial charge on any atom is 0.156 e. The van der Waals surface area contributed by atoms with Crippen molar-refractivity contribution in [3.05, 3.63) is 16.8 Å². The van der Waals surface area contributed by atoms with Gasteiger partial charge in [-0.1, -0.05) is 20.8 Å².